The molecule has 0 saturated heterocycles. The Bertz CT molecular complexity index is 947. The molecule has 0 spiro atoms. The van der Waals surface area contributed by atoms with Gasteiger partial charge in [-0.25, -0.2) is 0 Å². The first-order valence-electron chi connectivity index (χ1n) is 7.10. The van der Waals surface area contributed by atoms with Crippen LogP contribution in [0.4, 0.5) is 5.69 Å². The van der Waals surface area contributed by atoms with Gasteiger partial charge in [0.15, 0.2) is 0 Å². The Morgan fingerprint density at radius 1 is 1.17 bits per heavy atom. The van der Waals surface area contributed by atoms with E-state index in [4.69, 9.17) is 0 Å². The Morgan fingerprint density at radius 3 is 2.61 bits per heavy atom. The largest absolute Gasteiger partial charge is 0.506 e. The van der Waals surface area contributed by atoms with Crippen molar-refractivity contribution in [2.45, 2.75) is 4.90 Å². The molecule has 0 aliphatic rings. The van der Waals surface area contributed by atoms with E-state index in [9.17, 15) is 9.90 Å². The van der Waals surface area contributed by atoms with Crippen LogP contribution in [0, 0.1) is 0 Å². The molecule has 1 heterocycles. The summed E-state index contributed by atoms with van der Waals surface area (Å²) in [4.78, 5) is 17.8. The van der Waals surface area contributed by atoms with Gasteiger partial charge in [-0.2, -0.15) is 0 Å². The SMILES string of the molecule is CSc1ccc2c(c1)c(O)c(C=Nc1ccccc1)c(=O)n2C. The van der Waals surface area contributed by atoms with E-state index in [1.165, 1.54) is 10.8 Å². The minimum Gasteiger partial charge on any atom is -0.506 e. The maximum atomic E-state index is 12.5. The molecule has 1 aromatic heterocycles. The number of benzene rings is 2. The van der Waals surface area contributed by atoms with Gasteiger partial charge in [0, 0.05) is 23.5 Å². The molecule has 23 heavy (non-hydrogen) atoms. The third kappa shape index (κ3) is 2.87. The molecule has 0 atom stereocenters. The van der Waals surface area contributed by atoms with Gasteiger partial charge < -0.3 is 9.67 Å². The molecule has 0 bridgehead atoms. The Balaban J connectivity index is 2.20. The summed E-state index contributed by atoms with van der Waals surface area (Å²) in [5, 5.41) is 11.2. The highest BCUT2D eigenvalue weighted by Crippen LogP contribution is 2.29. The molecule has 0 amide bonds. The van der Waals surface area contributed by atoms with Crippen molar-refractivity contribution in [3.05, 3.63) is 64.4 Å². The van der Waals surface area contributed by atoms with Gasteiger partial charge in [0.25, 0.3) is 5.56 Å². The van der Waals surface area contributed by atoms with Gasteiger partial charge in [-0.1, -0.05) is 18.2 Å². The minimum atomic E-state index is -0.272. The Kier molecular flexibility index (Phi) is 4.21. The summed E-state index contributed by atoms with van der Waals surface area (Å²) in [5.74, 6) is -0.0290. The van der Waals surface area contributed by atoms with Gasteiger partial charge in [-0.15, -0.1) is 11.8 Å². The van der Waals surface area contributed by atoms with Gasteiger partial charge in [0.1, 0.15) is 11.3 Å². The number of aryl methyl sites for hydroxylation is 1. The van der Waals surface area contributed by atoms with E-state index in [0.717, 1.165) is 10.6 Å². The second-order valence-electron chi connectivity index (χ2n) is 5.10. The molecule has 3 aromatic rings. The number of aromatic nitrogens is 1. The number of hydrogen-bond donors (Lipinski definition) is 1. The van der Waals surface area contributed by atoms with Crippen LogP contribution in [0.25, 0.3) is 10.9 Å². The van der Waals surface area contributed by atoms with Crippen molar-refractivity contribution in [3.63, 3.8) is 0 Å². The van der Waals surface area contributed by atoms with Crippen LogP contribution in [0.5, 0.6) is 5.75 Å². The van der Waals surface area contributed by atoms with Crippen molar-refractivity contribution >= 4 is 34.6 Å². The molecular formula is C18H16N2O2S. The van der Waals surface area contributed by atoms with E-state index >= 15 is 0 Å². The fourth-order valence-corrected chi connectivity index (χ4v) is 2.87. The molecule has 3 rings (SSSR count). The molecule has 116 valence electrons. The van der Waals surface area contributed by atoms with Crippen molar-refractivity contribution in [2.24, 2.45) is 12.0 Å². The number of para-hydroxylation sites is 1. The number of hydrogen-bond acceptors (Lipinski definition) is 4. The van der Waals surface area contributed by atoms with Crippen molar-refractivity contribution in [1.29, 1.82) is 0 Å². The summed E-state index contributed by atoms with van der Waals surface area (Å²) >= 11 is 1.59. The summed E-state index contributed by atoms with van der Waals surface area (Å²) in [7, 11) is 1.70. The summed E-state index contributed by atoms with van der Waals surface area (Å²) in [6.45, 7) is 0. The van der Waals surface area contributed by atoms with Crippen LogP contribution < -0.4 is 5.56 Å². The summed E-state index contributed by atoms with van der Waals surface area (Å²) in [6.07, 6.45) is 3.40. The quantitative estimate of drug-likeness (QED) is 0.590. The van der Waals surface area contributed by atoms with E-state index in [0.29, 0.717) is 10.9 Å². The molecule has 0 radical (unpaired) electrons. The zero-order chi connectivity index (χ0) is 16.4. The smallest absolute Gasteiger partial charge is 0.263 e. The monoisotopic (exact) mass is 324 g/mol. The highest BCUT2D eigenvalue weighted by molar-refractivity contribution is 7.98. The topological polar surface area (TPSA) is 54.6 Å². The zero-order valence-electron chi connectivity index (χ0n) is 12.9. The minimum absolute atomic E-state index is 0.0290. The number of aliphatic imine (C=N–C) groups is 1. The van der Waals surface area contributed by atoms with Crippen LogP contribution in [0.3, 0.4) is 0 Å². The summed E-state index contributed by atoms with van der Waals surface area (Å²) in [5.41, 5.74) is 1.35. The highest BCUT2D eigenvalue weighted by atomic mass is 32.2. The van der Waals surface area contributed by atoms with E-state index < -0.39 is 0 Å². The van der Waals surface area contributed by atoms with Crippen LogP contribution >= 0.6 is 11.8 Å². The molecule has 0 aliphatic heterocycles. The molecule has 4 nitrogen and oxygen atoms in total. The molecule has 5 heteroatoms. The van der Waals surface area contributed by atoms with E-state index in [1.807, 2.05) is 54.8 Å². The van der Waals surface area contributed by atoms with Crippen molar-refractivity contribution in [1.82, 2.24) is 4.57 Å². The second kappa shape index (κ2) is 6.30. The van der Waals surface area contributed by atoms with E-state index in [2.05, 4.69) is 4.99 Å². The highest BCUT2D eigenvalue weighted by Gasteiger charge is 2.13. The lowest BCUT2D eigenvalue weighted by Crippen LogP contribution is -2.21. The van der Waals surface area contributed by atoms with Gasteiger partial charge in [-0.05, 0) is 36.6 Å². The first-order chi connectivity index (χ1) is 11.1. The number of aromatic hydroxyl groups is 1. The maximum absolute atomic E-state index is 12.5. The number of thioether (sulfide) groups is 1. The van der Waals surface area contributed by atoms with Crippen LogP contribution in [-0.2, 0) is 7.05 Å². The summed E-state index contributed by atoms with van der Waals surface area (Å²) < 4.78 is 1.53. The molecule has 0 unspecified atom stereocenters. The molecule has 0 fully saturated rings. The van der Waals surface area contributed by atoms with Crippen LogP contribution in [0.1, 0.15) is 5.56 Å². The average Bonchev–Trinajstić information content (AvgIpc) is 2.60. The third-order valence-corrected chi connectivity index (χ3v) is 4.43. The average molecular weight is 324 g/mol. The van der Waals surface area contributed by atoms with Crippen LogP contribution in [0.15, 0.2) is 63.2 Å². The number of pyridine rings is 1. The standard InChI is InChI=1S/C18H16N2O2S/c1-20-16-9-8-13(23-2)10-14(16)17(21)15(18(20)22)11-19-12-6-4-3-5-7-12/h3-11,21H,1-2H3. The van der Waals surface area contributed by atoms with Gasteiger partial charge in [-0.3, -0.25) is 9.79 Å². The first kappa shape index (κ1) is 15.4. The lowest BCUT2D eigenvalue weighted by molar-refractivity contribution is 0.478. The number of nitrogens with zero attached hydrogens (tertiary/aromatic N) is 2. The Hall–Kier alpha value is -2.53. The second-order valence-corrected chi connectivity index (χ2v) is 5.98. The molecule has 0 saturated carbocycles. The lowest BCUT2D eigenvalue weighted by atomic mass is 10.1. The van der Waals surface area contributed by atoms with Gasteiger partial charge in [0.2, 0.25) is 0 Å². The first-order valence-corrected chi connectivity index (χ1v) is 8.33. The predicted octanol–water partition coefficient (Wildman–Crippen LogP) is 3.72. The lowest BCUT2D eigenvalue weighted by Gasteiger charge is -2.10. The van der Waals surface area contributed by atoms with Crippen molar-refractivity contribution in [2.75, 3.05) is 6.26 Å². The Morgan fingerprint density at radius 2 is 1.91 bits per heavy atom. The normalized spacial score (nSPS) is 11.4. The third-order valence-electron chi connectivity index (χ3n) is 3.71. The van der Waals surface area contributed by atoms with Crippen molar-refractivity contribution < 1.29 is 5.11 Å². The number of fused-ring (bicyclic) bond motifs is 1. The molecule has 1 N–H and O–H groups in total. The van der Waals surface area contributed by atoms with Gasteiger partial charge in [0.05, 0.1) is 11.2 Å². The van der Waals surface area contributed by atoms with E-state index in [-0.39, 0.29) is 16.9 Å². The zero-order valence-corrected chi connectivity index (χ0v) is 13.7. The molecular weight excluding hydrogens is 308 g/mol. The predicted molar refractivity (Wildman–Crippen MR) is 96.3 cm³/mol. The molecule has 2 aromatic carbocycles. The van der Waals surface area contributed by atoms with Crippen LogP contribution in [0.2, 0.25) is 0 Å². The van der Waals surface area contributed by atoms with Crippen LogP contribution in [-0.4, -0.2) is 22.1 Å². The van der Waals surface area contributed by atoms with Crippen molar-refractivity contribution in [3.8, 4) is 5.75 Å². The fourth-order valence-electron chi connectivity index (χ4n) is 2.43. The fraction of sp³-hybridized carbons (Fsp3) is 0.111. The van der Waals surface area contributed by atoms with E-state index in [1.54, 1.807) is 18.8 Å². The Labute approximate surface area is 138 Å². The molecule has 0 aliphatic carbocycles. The number of rotatable bonds is 3. The summed E-state index contributed by atoms with van der Waals surface area (Å²) in [6, 6.07) is 15.0. The van der Waals surface area contributed by atoms with Gasteiger partial charge >= 0.3 is 0 Å². The maximum Gasteiger partial charge on any atom is 0.263 e.